The van der Waals surface area contributed by atoms with E-state index in [4.69, 9.17) is 5.73 Å². The van der Waals surface area contributed by atoms with Crippen LogP contribution in [0.4, 0.5) is 4.39 Å². The summed E-state index contributed by atoms with van der Waals surface area (Å²) in [5.41, 5.74) is 5.71. The molecule has 0 spiro atoms. The van der Waals surface area contributed by atoms with E-state index in [1.807, 2.05) is 6.08 Å². The maximum Gasteiger partial charge on any atom is 0.243 e. The summed E-state index contributed by atoms with van der Waals surface area (Å²) >= 11 is 0. The number of nitrogens with two attached hydrogens (primary N) is 1. The van der Waals surface area contributed by atoms with Crippen molar-refractivity contribution in [3.05, 3.63) is 48.3 Å². The van der Waals surface area contributed by atoms with Crippen LogP contribution in [0.15, 0.2) is 36.9 Å². The predicted molar refractivity (Wildman–Crippen MR) is 107 cm³/mol. The fourth-order valence-electron chi connectivity index (χ4n) is 2.89. The molecule has 28 heavy (non-hydrogen) atoms. The van der Waals surface area contributed by atoms with Crippen molar-refractivity contribution in [2.45, 2.75) is 64.0 Å². The lowest BCUT2D eigenvalue weighted by Gasteiger charge is -2.22. The van der Waals surface area contributed by atoms with Gasteiger partial charge in [0, 0.05) is 13.3 Å². The summed E-state index contributed by atoms with van der Waals surface area (Å²) in [6.07, 6.45) is 6.90. The summed E-state index contributed by atoms with van der Waals surface area (Å²) in [6, 6.07) is 4.21. The summed E-state index contributed by atoms with van der Waals surface area (Å²) in [5.74, 6) is -2.08. The Labute approximate surface area is 165 Å². The molecular formula is C21H30FN3O3. The number of primary amides is 1. The molecule has 2 atom stereocenters. The molecule has 0 saturated carbocycles. The van der Waals surface area contributed by atoms with Gasteiger partial charge in [-0.05, 0) is 30.9 Å². The molecule has 1 aromatic rings. The number of unbranched alkanes of at least 4 members (excludes halogenated alkanes) is 4. The second-order valence-corrected chi connectivity index (χ2v) is 6.79. The molecule has 0 unspecified atom stereocenters. The van der Waals surface area contributed by atoms with Gasteiger partial charge in [-0.3, -0.25) is 14.4 Å². The molecule has 7 heteroatoms. The third-order valence-corrected chi connectivity index (χ3v) is 4.39. The van der Waals surface area contributed by atoms with Crippen molar-refractivity contribution in [2.24, 2.45) is 5.73 Å². The van der Waals surface area contributed by atoms with E-state index < -0.39 is 35.6 Å². The van der Waals surface area contributed by atoms with E-state index in [1.54, 1.807) is 18.2 Å². The lowest BCUT2D eigenvalue weighted by atomic mass is 10.0. The Morgan fingerprint density at radius 3 is 2.39 bits per heavy atom. The Balaban J connectivity index is 2.69. The molecule has 1 aromatic carbocycles. The average Bonchev–Trinajstić information content (AvgIpc) is 2.64. The van der Waals surface area contributed by atoms with Gasteiger partial charge in [0.05, 0.1) is 0 Å². The lowest BCUT2D eigenvalue weighted by Crippen LogP contribution is -2.53. The van der Waals surface area contributed by atoms with Crippen LogP contribution in [0, 0.1) is 5.82 Å². The Bertz CT molecular complexity index is 679. The van der Waals surface area contributed by atoms with Crippen LogP contribution >= 0.6 is 0 Å². The van der Waals surface area contributed by atoms with Crippen molar-refractivity contribution in [3.8, 4) is 0 Å². The van der Waals surface area contributed by atoms with Gasteiger partial charge in [0.2, 0.25) is 17.7 Å². The van der Waals surface area contributed by atoms with Gasteiger partial charge >= 0.3 is 0 Å². The minimum atomic E-state index is -0.996. The molecule has 1 rings (SSSR count). The summed E-state index contributed by atoms with van der Waals surface area (Å²) < 4.78 is 13.9. The van der Waals surface area contributed by atoms with Gasteiger partial charge < -0.3 is 16.4 Å². The van der Waals surface area contributed by atoms with Crippen LogP contribution in [0.1, 0.15) is 51.0 Å². The highest BCUT2D eigenvalue weighted by Crippen LogP contribution is 2.11. The minimum Gasteiger partial charge on any atom is -0.368 e. The zero-order chi connectivity index (χ0) is 20.9. The van der Waals surface area contributed by atoms with Crippen LogP contribution in [0.5, 0.6) is 0 Å². The number of allylic oxidation sites excluding steroid dienone is 1. The SMILES string of the molecule is C=CCCCCCC[C@@H](NC(=O)[C@H](Cc1ccccc1F)NC(C)=O)C(N)=O. The van der Waals surface area contributed by atoms with Crippen molar-refractivity contribution in [3.63, 3.8) is 0 Å². The van der Waals surface area contributed by atoms with Gasteiger partial charge in [-0.25, -0.2) is 4.39 Å². The van der Waals surface area contributed by atoms with Crippen molar-refractivity contribution < 1.29 is 18.8 Å². The molecule has 3 amide bonds. The van der Waals surface area contributed by atoms with Crippen LogP contribution in [0.2, 0.25) is 0 Å². The molecule has 0 aliphatic carbocycles. The standard InChI is InChI=1S/C21H30FN3O3/c1-3-4-5-6-7-8-13-18(20(23)27)25-21(28)19(24-15(2)26)14-16-11-9-10-12-17(16)22/h3,9-12,18-19H,1,4-8,13-14H2,2H3,(H2,23,27)(H,24,26)(H,25,28)/t18-,19+/m1/s1. The van der Waals surface area contributed by atoms with E-state index in [9.17, 15) is 18.8 Å². The number of amides is 3. The number of hydrogen-bond acceptors (Lipinski definition) is 3. The van der Waals surface area contributed by atoms with Gasteiger partial charge in [-0.15, -0.1) is 6.58 Å². The third kappa shape index (κ3) is 8.79. The predicted octanol–water partition coefficient (Wildman–Crippen LogP) is 2.37. The lowest BCUT2D eigenvalue weighted by molar-refractivity contribution is -0.131. The van der Waals surface area contributed by atoms with E-state index >= 15 is 0 Å². The fraction of sp³-hybridized carbons (Fsp3) is 0.476. The molecule has 0 radical (unpaired) electrons. The molecule has 0 aromatic heterocycles. The number of carbonyl (C=O) groups excluding carboxylic acids is 3. The number of hydrogen-bond donors (Lipinski definition) is 3. The first-order valence-corrected chi connectivity index (χ1v) is 9.56. The van der Waals surface area contributed by atoms with Crippen LogP contribution in [0.25, 0.3) is 0 Å². The molecule has 0 saturated heterocycles. The minimum absolute atomic E-state index is 0.0227. The summed E-state index contributed by atoms with van der Waals surface area (Å²) in [6.45, 7) is 4.95. The Morgan fingerprint density at radius 1 is 1.11 bits per heavy atom. The van der Waals surface area contributed by atoms with Gasteiger partial charge in [0.25, 0.3) is 0 Å². The van der Waals surface area contributed by atoms with Crippen molar-refractivity contribution in [1.29, 1.82) is 0 Å². The van der Waals surface area contributed by atoms with Crippen LogP contribution < -0.4 is 16.4 Å². The Hall–Kier alpha value is -2.70. The van der Waals surface area contributed by atoms with E-state index in [2.05, 4.69) is 17.2 Å². The molecule has 0 heterocycles. The highest BCUT2D eigenvalue weighted by atomic mass is 19.1. The zero-order valence-corrected chi connectivity index (χ0v) is 16.4. The average molecular weight is 391 g/mol. The first kappa shape index (κ1) is 23.3. The van der Waals surface area contributed by atoms with E-state index in [-0.39, 0.29) is 6.42 Å². The first-order chi connectivity index (χ1) is 13.3. The summed E-state index contributed by atoms with van der Waals surface area (Å²) in [4.78, 5) is 35.8. The largest absolute Gasteiger partial charge is 0.368 e. The maximum atomic E-state index is 13.9. The molecule has 154 valence electrons. The normalized spacial score (nSPS) is 12.6. The number of rotatable bonds is 13. The van der Waals surface area contributed by atoms with E-state index in [0.717, 1.165) is 32.1 Å². The highest BCUT2D eigenvalue weighted by molar-refractivity contribution is 5.91. The molecule has 6 nitrogen and oxygen atoms in total. The monoisotopic (exact) mass is 391 g/mol. The van der Waals surface area contributed by atoms with E-state index in [0.29, 0.717) is 12.0 Å². The molecule has 0 fully saturated rings. The highest BCUT2D eigenvalue weighted by Gasteiger charge is 2.25. The number of nitrogens with one attached hydrogen (secondary N) is 2. The molecule has 0 aliphatic rings. The molecule has 0 aliphatic heterocycles. The molecule has 4 N–H and O–H groups in total. The maximum absolute atomic E-state index is 13.9. The fourth-order valence-corrected chi connectivity index (χ4v) is 2.89. The third-order valence-electron chi connectivity index (χ3n) is 4.39. The van der Waals surface area contributed by atoms with Gasteiger partial charge in [0.15, 0.2) is 0 Å². The zero-order valence-electron chi connectivity index (χ0n) is 16.4. The van der Waals surface area contributed by atoms with Crippen molar-refractivity contribution >= 4 is 17.7 Å². The topological polar surface area (TPSA) is 101 Å². The van der Waals surface area contributed by atoms with Gasteiger partial charge in [-0.1, -0.05) is 43.5 Å². The van der Waals surface area contributed by atoms with Crippen molar-refractivity contribution in [2.75, 3.05) is 0 Å². The first-order valence-electron chi connectivity index (χ1n) is 9.56. The molecular weight excluding hydrogens is 361 g/mol. The quantitative estimate of drug-likeness (QED) is 0.355. The summed E-state index contributed by atoms with van der Waals surface area (Å²) in [7, 11) is 0. The van der Waals surface area contributed by atoms with Crippen LogP contribution in [-0.4, -0.2) is 29.8 Å². The van der Waals surface area contributed by atoms with Crippen LogP contribution in [-0.2, 0) is 20.8 Å². The van der Waals surface area contributed by atoms with Gasteiger partial charge in [0.1, 0.15) is 17.9 Å². The summed E-state index contributed by atoms with van der Waals surface area (Å²) in [5, 5.41) is 5.11. The number of benzene rings is 1. The van der Waals surface area contributed by atoms with Crippen molar-refractivity contribution in [1.82, 2.24) is 10.6 Å². The second kappa shape index (κ2) is 12.6. The van der Waals surface area contributed by atoms with E-state index in [1.165, 1.54) is 13.0 Å². The number of halogens is 1. The van der Waals surface area contributed by atoms with Crippen LogP contribution in [0.3, 0.4) is 0 Å². The number of carbonyl (C=O) groups is 3. The smallest absolute Gasteiger partial charge is 0.243 e. The van der Waals surface area contributed by atoms with Gasteiger partial charge in [-0.2, -0.15) is 0 Å². The Morgan fingerprint density at radius 2 is 1.79 bits per heavy atom. The molecule has 0 bridgehead atoms. The Kier molecular flexibility index (Phi) is 10.5. The second-order valence-electron chi connectivity index (χ2n) is 6.79.